The zero-order chi connectivity index (χ0) is 12.5. The lowest BCUT2D eigenvalue weighted by Crippen LogP contribution is -2.32. The normalized spacial score (nSPS) is 20.7. The molecule has 0 saturated carbocycles. The Morgan fingerprint density at radius 1 is 1.39 bits per heavy atom. The van der Waals surface area contributed by atoms with E-state index in [-0.39, 0.29) is 18.4 Å². The second-order valence-electron chi connectivity index (χ2n) is 4.37. The van der Waals surface area contributed by atoms with Crippen LogP contribution in [-0.4, -0.2) is 31.9 Å². The summed E-state index contributed by atoms with van der Waals surface area (Å²) >= 11 is 0. The highest BCUT2D eigenvalue weighted by atomic mass is 35.5. The minimum atomic E-state index is -3.36. The van der Waals surface area contributed by atoms with E-state index in [9.17, 15) is 8.42 Å². The maximum atomic E-state index is 12.4. The number of halogens is 1. The van der Waals surface area contributed by atoms with E-state index in [1.165, 1.54) is 4.31 Å². The molecule has 1 fully saturated rings. The van der Waals surface area contributed by atoms with Crippen molar-refractivity contribution in [1.29, 1.82) is 0 Å². The zero-order valence-electron chi connectivity index (χ0n) is 10.4. The highest BCUT2D eigenvalue weighted by molar-refractivity contribution is 7.89. The van der Waals surface area contributed by atoms with E-state index in [2.05, 4.69) is 0 Å². The summed E-state index contributed by atoms with van der Waals surface area (Å²) in [4.78, 5) is 0.427. The van der Waals surface area contributed by atoms with Gasteiger partial charge in [0.2, 0.25) is 10.0 Å². The summed E-state index contributed by atoms with van der Waals surface area (Å²) in [7, 11) is -3.36. The molecular weight excluding hydrogens is 272 g/mol. The second kappa shape index (κ2) is 6.02. The molecule has 1 heterocycles. The molecule has 1 atom stereocenters. The number of sulfonamides is 1. The first-order chi connectivity index (χ1) is 8.05. The summed E-state index contributed by atoms with van der Waals surface area (Å²) < 4.78 is 26.4. The third-order valence-corrected chi connectivity index (χ3v) is 5.12. The Morgan fingerprint density at radius 2 is 2.06 bits per heavy atom. The topological polar surface area (TPSA) is 63.4 Å². The maximum absolute atomic E-state index is 12.4. The molecule has 102 valence electrons. The average Bonchev–Trinajstić information content (AvgIpc) is 2.76. The van der Waals surface area contributed by atoms with Crippen molar-refractivity contribution in [2.24, 2.45) is 5.73 Å². The van der Waals surface area contributed by atoms with Crippen LogP contribution in [-0.2, 0) is 16.4 Å². The van der Waals surface area contributed by atoms with Crippen molar-refractivity contribution < 1.29 is 8.42 Å². The van der Waals surface area contributed by atoms with Crippen LogP contribution in [0.5, 0.6) is 0 Å². The fourth-order valence-corrected chi connectivity index (χ4v) is 3.96. The van der Waals surface area contributed by atoms with E-state index in [4.69, 9.17) is 5.73 Å². The summed E-state index contributed by atoms with van der Waals surface area (Å²) in [6.45, 7) is 2.92. The summed E-state index contributed by atoms with van der Waals surface area (Å²) in [5, 5.41) is 0. The van der Waals surface area contributed by atoms with Gasteiger partial charge in [0.1, 0.15) is 0 Å². The number of hydrogen-bond donors (Lipinski definition) is 1. The lowest BCUT2D eigenvalue weighted by atomic mass is 10.2. The van der Waals surface area contributed by atoms with Gasteiger partial charge in [-0.25, -0.2) is 8.42 Å². The molecular formula is C12H19ClN2O2S. The number of nitrogens with zero attached hydrogens (tertiary/aromatic N) is 1. The molecule has 0 aliphatic carbocycles. The van der Waals surface area contributed by atoms with Crippen LogP contribution in [0, 0.1) is 0 Å². The van der Waals surface area contributed by atoms with Gasteiger partial charge in [0.15, 0.2) is 0 Å². The lowest BCUT2D eigenvalue weighted by Gasteiger charge is -2.17. The SMILES string of the molecule is CCc1ccccc1S(=O)(=O)N1CC[C@@H](N)C1.Cl. The van der Waals surface area contributed by atoms with Crippen molar-refractivity contribution in [3.05, 3.63) is 29.8 Å². The molecule has 1 aliphatic heterocycles. The summed E-state index contributed by atoms with van der Waals surface area (Å²) in [5.41, 5.74) is 6.63. The van der Waals surface area contributed by atoms with Crippen molar-refractivity contribution in [1.82, 2.24) is 4.31 Å². The van der Waals surface area contributed by atoms with Gasteiger partial charge in [0, 0.05) is 19.1 Å². The van der Waals surface area contributed by atoms with E-state index in [0.717, 1.165) is 18.4 Å². The molecule has 0 radical (unpaired) electrons. The van der Waals surface area contributed by atoms with Crippen LogP contribution in [0.15, 0.2) is 29.2 Å². The van der Waals surface area contributed by atoms with E-state index < -0.39 is 10.0 Å². The van der Waals surface area contributed by atoms with Gasteiger partial charge in [0.05, 0.1) is 4.90 Å². The van der Waals surface area contributed by atoms with Crippen LogP contribution in [0.4, 0.5) is 0 Å². The Balaban J connectivity index is 0.00000162. The Hall–Kier alpha value is -0.620. The fourth-order valence-electron chi connectivity index (χ4n) is 2.16. The van der Waals surface area contributed by atoms with Crippen LogP contribution < -0.4 is 5.73 Å². The molecule has 6 heteroatoms. The Labute approximate surface area is 115 Å². The fraction of sp³-hybridized carbons (Fsp3) is 0.500. The zero-order valence-corrected chi connectivity index (χ0v) is 12.0. The molecule has 0 aromatic heterocycles. The molecule has 1 saturated heterocycles. The highest BCUT2D eigenvalue weighted by Gasteiger charge is 2.31. The van der Waals surface area contributed by atoms with Gasteiger partial charge in [0.25, 0.3) is 0 Å². The van der Waals surface area contributed by atoms with Crippen molar-refractivity contribution in [2.45, 2.75) is 30.7 Å². The molecule has 0 spiro atoms. The second-order valence-corrected chi connectivity index (χ2v) is 6.28. The number of rotatable bonds is 3. The lowest BCUT2D eigenvalue weighted by molar-refractivity contribution is 0.471. The van der Waals surface area contributed by atoms with E-state index >= 15 is 0 Å². The minimum Gasteiger partial charge on any atom is -0.326 e. The molecule has 2 rings (SSSR count). The number of benzene rings is 1. The largest absolute Gasteiger partial charge is 0.326 e. The Kier molecular flexibility index (Phi) is 5.16. The van der Waals surface area contributed by atoms with Crippen molar-refractivity contribution in [3.8, 4) is 0 Å². The molecule has 0 bridgehead atoms. The molecule has 0 unspecified atom stereocenters. The minimum absolute atomic E-state index is 0. The van der Waals surface area contributed by atoms with Crippen LogP contribution in [0.2, 0.25) is 0 Å². The Morgan fingerprint density at radius 3 is 2.61 bits per heavy atom. The number of nitrogens with two attached hydrogens (primary N) is 1. The first-order valence-electron chi connectivity index (χ1n) is 5.89. The van der Waals surface area contributed by atoms with Crippen molar-refractivity contribution in [3.63, 3.8) is 0 Å². The Bertz CT molecular complexity index is 505. The predicted molar refractivity (Wildman–Crippen MR) is 74.4 cm³/mol. The standard InChI is InChI=1S/C12H18N2O2S.ClH/c1-2-10-5-3-4-6-12(10)17(15,16)14-8-7-11(13)9-14;/h3-6,11H,2,7-9,13H2,1H3;1H/t11-;/m1./s1. The smallest absolute Gasteiger partial charge is 0.243 e. The van der Waals surface area contributed by atoms with Gasteiger partial charge in [-0.15, -0.1) is 12.4 Å². The third kappa shape index (κ3) is 2.85. The van der Waals surface area contributed by atoms with E-state index in [1.54, 1.807) is 12.1 Å². The van der Waals surface area contributed by atoms with Crippen LogP contribution in [0.1, 0.15) is 18.9 Å². The van der Waals surface area contributed by atoms with Crippen LogP contribution in [0.3, 0.4) is 0 Å². The average molecular weight is 291 g/mol. The number of aryl methyl sites for hydroxylation is 1. The molecule has 1 aromatic rings. The van der Waals surface area contributed by atoms with Crippen molar-refractivity contribution >= 4 is 22.4 Å². The van der Waals surface area contributed by atoms with Crippen LogP contribution in [0.25, 0.3) is 0 Å². The molecule has 18 heavy (non-hydrogen) atoms. The summed E-state index contributed by atoms with van der Waals surface area (Å²) in [5.74, 6) is 0. The molecule has 2 N–H and O–H groups in total. The summed E-state index contributed by atoms with van der Waals surface area (Å²) in [6, 6.07) is 7.15. The van der Waals surface area contributed by atoms with Gasteiger partial charge in [-0.05, 0) is 24.5 Å². The number of hydrogen-bond acceptors (Lipinski definition) is 3. The quantitative estimate of drug-likeness (QED) is 0.915. The van der Waals surface area contributed by atoms with Crippen molar-refractivity contribution in [2.75, 3.05) is 13.1 Å². The third-order valence-electron chi connectivity index (χ3n) is 3.16. The van der Waals surface area contributed by atoms with E-state index in [1.807, 2.05) is 19.1 Å². The first kappa shape index (κ1) is 15.4. The molecule has 0 amide bonds. The van der Waals surface area contributed by atoms with Gasteiger partial charge in [-0.2, -0.15) is 4.31 Å². The van der Waals surface area contributed by atoms with Gasteiger partial charge >= 0.3 is 0 Å². The first-order valence-corrected chi connectivity index (χ1v) is 7.33. The highest BCUT2D eigenvalue weighted by Crippen LogP contribution is 2.23. The molecule has 4 nitrogen and oxygen atoms in total. The van der Waals surface area contributed by atoms with Gasteiger partial charge in [-0.3, -0.25) is 0 Å². The summed E-state index contributed by atoms with van der Waals surface area (Å²) in [6.07, 6.45) is 1.46. The van der Waals surface area contributed by atoms with E-state index in [0.29, 0.717) is 18.0 Å². The van der Waals surface area contributed by atoms with Gasteiger partial charge in [-0.1, -0.05) is 25.1 Å². The molecule has 1 aliphatic rings. The maximum Gasteiger partial charge on any atom is 0.243 e. The predicted octanol–water partition coefficient (Wildman–Crippen LogP) is 1.39. The van der Waals surface area contributed by atoms with Gasteiger partial charge < -0.3 is 5.73 Å². The molecule has 1 aromatic carbocycles. The monoisotopic (exact) mass is 290 g/mol. The van der Waals surface area contributed by atoms with Crippen LogP contribution >= 0.6 is 12.4 Å².